The molecule has 2 unspecified atom stereocenters. The lowest BCUT2D eigenvalue weighted by atomic mass is 9.98. The van der Waals surface area contributed by atoms with Gasteiger partial charge in [-0.3, -0.25) is 14.2 Å². The van der Waals surface area contributed by atoms with Crippen LogP contribution in [0.1, 0.15) is 43.6 Å². The maximum absolute atomic E-state index is 13.5. The minimum atomic E-state index is -0.108. The second-order valence-corrected chi connectivity index (χ2v) is 10.8. The Morgan fingerprint density at radius 2 is 1.84 bits per heavy atom. The van der Waals surface area contributed by atoms with E-state index in [0.717, 1.165) is 34.5 Å². The molecule has 1 aliphatic heterocycles. The van der Waals surface area contributed by atoms with Crippen LogP contribution in [0.2, 0.25) is 5.02 Å². The van der Waals surface area contributed by atoms with Crippen LogP contribution in [0.3, 0.4) is 0 Å². The highest BCUT2D eigenvalue weighted by Crippen LogP contribution is 2.30. The van der Waals surface area contributed by atoms with E-state index in [0.29, 0.717) is 21.3 Å². The van der Waals surface area contributed by atoms with Crippen molar-refractivity contribution in [2.24, 2.45) is 0 Å². The molecule has 164 valence electrons. The Balaban J connectivity index is 1.74. The molecule has 2 atom stereocenters. The summed E-state index contributed by atoms with van der Waals surface area (Å²) in [4.78, 5) is 35.2. The van der Waals surface area contributed by atoms with Crippen LogP contribution in [-0.2, 0) is 4.79 Å². The first-order valence-corrected chi connectivity index (χ1v) is 12.7. The number of carbonyl (C=O) groups excluding carboxylic acids is 1. The minimum Gasteiger partial charge on any atom is -0.337 e. The number of amides is 1. The molecule has 0 spiro atoms. The number of aryl methyl sites for hydroxylation is 2. The molecule has 1 aliphatic rings. The molecule has 1 aromatic carbocycles. The van der Waals surface area contributed by atoms with Crippen molar-refractivity contribution in [2.75, 3.05) is 5.75 Å². The van der Waals surface area contributed by atoms with Gasteiger partial charge in [-0.05, 0) is 76.8 Å². The first-order valence-electron chi connectivity index (χ1n) is 10.5. The van der Waals surface area contributed by atoms with Crippen LogP contribution < -0.4 is 5.56 Å². The van der Waals surface area contributed by atoms with E-state index in [1.165, 1.54) is 23.1 Å². The van der Waals surface area contributed by atoms with Crippen molar-refractivity contribution < 1.29 is 4.79 Å². The number of hydrogen-bond donors (Lipinski definition) is 0. The van der Waals surface area contributed by atoms with Crippen LogP contribution in [0.25, 0.3) is 15.9 Å². The van der Waals surface area contributed by atoms with Crippen molar-refractivity contribution in [3.05, 3.63) is 50.1 Å². The van der Waals surface area contributed by atoms with Crippen LogP contribution in [0.4, 0.5) is 0 Å². The number of thiophene rings is 1. The lowest BCUT2D eigenvalue weighted by molar-refractivity contribution is -0.134. The number of aromatic nitrogens is 2. The first-order chi connectivity index (χ1) is 14.8. The smallest absolute Gasteiger partial charge is 0.267 e. The third kappa shape index (κ3) is 4.28. The second-order valence-electron chi connectivity index (χ2n) is 8.19. The predicted octanol–water partition coefficient (Wildman–Crippen LogP) is 5.60. The highest BCUT2D eigenvalue weighted by Gasteiger charge is 2.29. The summed E-state index contributed by atoms with van der Waals surface area (Å²) in [6.07, 6.45) is 3.23. The highest BCUT2D eigenvalue weighted by molar-refractivity contribution is 7.99. The zero-order valence-corrected chi connectivity index (χ0v) is 20.5. The summed E-state index contributed by atoms with van der Waals surface area (Å²) in [6.45, 7) is 8.19. The fourth-order valence-corrected chi connectivity index (χ4v) is 6.38. The molecule has 1 saturated heterocycles. The van der Waals surface area contributed by atoms with Crippen molar-refractivity contribution in [3.63, 3.8) is 0 Å². The van der Waals surface area contributed by atoms with Gasteiger partial charge in [0.25, 0.3) is 5.56 Å². The van der Waals surface area contributed by atoms with E-state index < -0.39 is 0 Å². The van der Waals surface area contributed by atoms with Crippen LogP contribution in [0.5, 0.6) is 0 Å². The molecule has 3 aromatic rings. The molecular formula is C23H26ClN3O2S2. The summed E-state index contributed by atoms with van der Waals surface area (Å²) in [7, 11) is 0. The van der Waals surface area contributed by atoms with E-state index >= 15 is 0 Å². The van der Waals surface area contributed by atoms with Gasteiger partial charge in [0.05, 0.1) is 16.8 Å². The van der Waals surface area contributed by atoms with Crippen molar-refractivity contribution in [3.8, 4) is 5.69 Å². The molecule has 1 amide bonds. The number of fused-ring (bicyclic) bond motifs is 1. The van der Waals surface area contributed by atoms with Crippen molar-refractivity contribution >= 4 is 50.8 Å². The van der Waals surface area contributed by atoms with Gasteiger partial charge in [0, 0.05) is 22.0 Å². The maximum Gasteiger partial charge on any atom is 0.267 e. The normalized spacial score (nSPS) is 19.2. The standard InChI is InChI=1S/C23H26ClN3O2S2/c1-13-6-5-7-14(2)26(13)19(28)12-30-23-25-21-20(15(3)16(4)31-21)22(29)27(23)18-10-8-17(24)9-11-18/h8-11,13-14H,5-7,12H2,1-4H3. The minimum absolute atomic E-state index is 0.0974. The lowest BCUT2D eigenvalue weighted by Gasteiger charge is -2.39. The number of halogens is 1. The maximum atomic E-state index is 13.5. The zero-order valence-electron chi connectivity index (χ0n) is 18.1. The largest absolute Gasteiger partial charge is 0.337 e. The summed E-state index contributed by atoms with van der Waals surface area (Å²) in [5.41, 5.74) is 1.55. The number of piperidine rings is 1. The van der Waals surface area contributed by atoms with E-state index in [9.17, 15) is 9.59 Å². The first kappa shape index (κ1) is 22.4. The lowest BCUT2D eigenvalue weighted by Crippen LogP contribution is -2.48. The summed E-state index contributed by atoms with van der Waals surface area (Å²) >= 11 is 8.91. The Morgan fingerprint density at radius 1 is 1.19 bits per heavy atom. The highest BCUT2D eigenvalue weighted by atomic mass is 35.5. The molecule has 0 aliphatic carbocycles. The van der Waals surface area contributed by atoms with Gasteiger partial charge in [0.2, 0.25) is 5.91 Å². The topological polar surface area (TPSA) is 55.2 Å². The Bertz CT molecular complexity index is 1180. The molecule has 5 nitrogen and oxygen atoms in total. The predicted molar refractivity (Wildman–Crippen MR) is 130 cm³/mol. The summed E-state index contributed by atoms with van der Waals surface area (Å²) in [5, 5.41) is 1.78. The Kier molecular flexibility index (Phi) is 6.47. The second kappa shape index (κ2) is 8.96. The average Bonchev–Trinajstić information content (AvgIpc) is 3.01. The van der Waals surface area contributed by atoms with E-state index in [-0.39, 0.29) is 29.3 Å². The Morgan fingerprint density at radius 3 is 2.48 bits per heavy atom. The summed E-state index contributed by atoms with van der Waals surface area (Å²) < 4.78 is 1.61. The van der Waals surface area contributed by atoms with Crippen molar-refractivity contribution in [1.29, 1.82) is 0 Å². The van der Waals surface area contributed by atoms with Crippen molar-refractivity contribution in [1.82, 2.24) is 14.5 Å². The van der Waals surface area contributed by atoms with Gasteiger partial charge in [0.1, 0.15) is 4.83 Å². The van der Waals surface area contributed by atoms with Gasteiger partial charge in [-0.1, -0.05) is 23.4 Å². The fraction of sp³-hybridized carbons (Fsp3) is 0.435. The molecule has 4 rings (SSSR count). The van der Waals surface area contributed by atoms with Gasteiger partial charge < -0.3 is 4.90 Å². The average molecular weight is 476 g/mol. The Labute approximate surface area is 195 Å². The van der Waals surface area contributed by atoms with Crippen LogP contribution >= 0.6 is 34.7 Å². The number of likely N-dealkylation sites (tertiary alicyclic amines) is 1. The molecule has 31 heavy (non-hydrogen) atoms. The quantitative estimate of drug-likeness (QED) is 0.364. The number of thioether (sulfide) groups is 1. The molecule has 2 aromatic heterocycles. The zero-order chi connectivity index (χ0) is 22.3. The summed E-state index contributed by atoms with van der Waals surface area (Å²) in [6, 6.07) is 7.63. The third-order valence-electron chi connectivity index (χ3n) is 6.06. The number of benzene rings is 1. The van der Waals surface area contributed by atoms with Gasteiger partial charge in [-0.2, -0.15) is 0 Å². The number of carbonyl (C=O) groups is 1. The number of hydrogen-bond acceptors (Lipinski definition) is 5. The Hall–Kier alpha value is -1.83. The van der Waals surface area contributed by atoms with Gasteiger partial charge in [0.15, 0.2) is 5.16 Å². The molecule has 1 fully saturated rings. The van der Waals surface area contributed by atoms with E-state index in [4.69, 9.17) is 16.6 Å². The van der Waals surface area contributed by atoms with Gasteiger partial charge >= 0.3 is 0 Å². The van der Waals surface area contributed by atoms with Gasteiger partial charge in [-0.15, -0.1) is 11.3 Å². The van der Waals surface area contributed by atoms with Crippen LogP contribution in [0, 0.1) is 13.8 Å². The van der Waals surface area contributed by atoms with Crippen molar-refractivity contribution in [2.45, 2.75) is 64.2 Å². The molecule has 0 saturated carbocycles. The van der Waals surface area contributed by atoms with Crippen LogP contribution in [-0.4, -0.2) is 38.2 Å². The summed E-state index contributed by atoms with van der Waals surface area (Å²) in [5.74, 6) is 0.351. The van der Waals surface area contributed by atoms with E-state index in [1.807, 2.05) is 30.9 Å². The molecular weight excluding hydrogens is 450 g/mol. The SMILES string of the molecule is Cc1sc2nc(SCC(=O)N3C(C)CCCC3C)n(-c3ccc(Cl)cc3)c(=O)c2c1C. The van der Waals surface area contributed by atoms with Gasteiger partial charge in [-0.25, -0.2) is 4.98 Å². The molecule has 0 radical (unpaired) electrons. The van der Waals surface area contributed by atoms with Crippen LogP contribution in [0.15, 0.2) is 34.2 Å². The fourth-order valence-electron chi connectivity index (χ4n) is 4.30. The number of rotatable bonds is 4. The molecule has 0 N–H and O–H groups in total. The molecule has 8 heteroatoms. The monoisotopic (exact) mass is 475 g/mol. The van der Waals surface area contributed by atoms with E-state index in [1.54, 1.807) is 16.7 Å². The number of nitrogens with zero attached hydrogens (tertiary/aromatic N) is 3. The molecule has 0 bridgehead atoms. The van der Waals surface area contributed by atoms with E-state index in [2.05, 4.69) is 13.8 Å². The molecule has 3 heterocycles. The third-order valence-corrected chi connectivity index (χ3v) is 8.34.